The van der Waals surface area contributed by atoms with E-state index >= 15 is 0 Å². The predicted molar refractivity (Wildman–Crippen MR) is 87.3 cm³/mol. The molecule has 0 fully saturated rings. The van der Waals surface area contributed by atoms with Crippen LogP contribution in [0.5, 0.6) is 0 Å². The van der Waals surface area contributed by atoms with Gasteiger partial charge in [-0.1, -0.05) is 19.9 Å². The van der Waals surface area contributed by atoms with Crippen LogP contribution < -0.4 is 5.32 Å². The van der Waals surface area contributed by atoms with Crippen LogP contribution in [0.4, 0.5) is 5.82 Å². The van der Waals surface area contributed by atoms with Gasteiger partial charge in [-0.2, -0.15) is 0 Å². The summed E-state index contributed by atoms with van der Waals surface area (Å²) in [7, 11) is 3.59. The maximum atomic E-state index is 11.9. The summed E-state index contributed by atoms with van der Waals surface area (Å²) >= 11 is 0. The number of amides is 1. The van der Waals surface area contributed by atoms with Crippen molar-refractivity contribution in [2.75, 3.05) is 39.0 Å². The lowest BCUT2D eigenvalue weighted by Gasteiger charge is -2.24. The minimum atomic E-state index is 0.135. The highest BCUT2D eigenvalue weighted by atomic mass is 16.2. The number of hydrogen-bond acceptors (Lipinski definition) is 4. The molecule has 0 aliphatic rings. The first-order valence-corrected chi connectivity index (χ1v) is 7.68. The summed E-state index contributed by atoms with van der Waals surface area (Å²) in [6.07, 6.45) is 3.89. The van der Waals surface area contributed by atoms with E-state index in [1.807, 2.05) is 6.07 Å². The maximum absolute atomic E-state index is 11.9. The summed E-state index contributed by atoms with van der Waals surface area (Å²) in [5.41, 5.74) is 1.14. The Hall–Kier alpha value is -1.62. The van der Waals surface area contributed by atoms with Gasteiger partial charge in [-0.05, 0) is 25.5 Å². The van der Waals surface area contributed by atoms with E-state index in [0.717, 1.165) is 43.9 Å². The number of carbonyl (C=O) groups excluding carboxylic acids is 1. The zero-order valence-electron chi connectivity index (χ0n) is 13.7. The average Bonchev–Trinajstić information content (AvgIpc) is 2.46. The van der Waals surface area contributed by atoms with Gasteiger partial charge in [0.2, 0.25) is 5.91 Å². The van der Waals surface area contributed by atoms with Crippen LogP contribution in [0.3, 0.4) is 0 Å². The number of nitrogens with zero attached hydrogens (tertiary/aromatic N) is 3. The Morgan fingerprint density at radius 3 is 2.67 bits per heavy atom. The molecule has 1 aromatic heterocycles. The molecule has 21 heavy (non-hydrogen) atoms. The summed E-state index contributed by atoms with van der Waals surface area (Å²) in [5, 5.41) is 3.35. The summed E-state index contributed by atoms with van der Waals surface area (Å²) in [6, 6.07) is 4.03. The second kappa shape index (κ2) is 9.34. The second-order valence-corrected chi connectivity index (χ2v) is 5.44. The molecular weight excluding hydrogens is 264 g/mol. The molecule has 1 rings (SSSR count). The summed E-state index contributed by atoms with van der Waals surface area (Å²) < 4.78 is 0. The van der Waals surface area contributed by atoms with Crippen molar-refractivity contribution in [3.63, 3.8) is 0 Å². The average molecular weight is 292 g/mol. The lowest BCUT2D eigenvalue weighted by Crippen LogP contribution is -2.36. The molecule has 1 N–H and O–H groups in total. The summed E-state index contributed by atoms with van der Waals surface area (Å²) in [6.45, 7) is 7.27. The third-order valence-corrected chi connectivity index (χ3v) is 3.23. The normalized spacial score (nSPS) is 10.7. The molecule has 118 valence electrons. The first-order valence-electron chi connectivity index (χ1n) is 7.68. The van der Waals surface area contributed by atoms with E-state index in [0.29, 0.717) is 6.54 Å². The maximum Gasteiger partial charge on any atom is 0.236 e. The van der Waals surface area contributed by atoms with Crippen molar-refractivity contribution in [1.29, 1.82) is 0 Å². The topological polar surface area (TPSA) is 48.5 Å². The standard InChI is InChI=1S/C16H28N4O/c1-5-9-17-16-14(8-7-10-18-16)12-20(11-6-2)13-15(21)19(3)4/h7-8,10H,5-6,9,11-13H2,1-4H3,(H,17,18). The van der Waals surface area contributed by atoms with E-state index in [-0.39, 0.29) is 5.91 Å². The number of carbonyl (C=O) groups is 1. The number of aromatic nitrogens is 1. The van der Waals surface area contributed by atoms with Crippen LogP contribution in [0.15, 0.2) is 18.3 Å². The molecule has 1 aromatic rings. The molecular formula is C16H28N4O. The molecule has 0 unspecified atom stereocenters. The van der Waals surface area contributed by atoms with E-state index < -0.39 is 0 Å². The molecule has 0 atom stereocenters. The van der Waals surface area contributed by atoms with Gasteiger partial charge in [-0.15, -0.1) is 0 Å². The zero-order chi connectivity index (χ0) is 15.7. The van der Waals surface area contributed by atoms with Gasteiger partial charge in [0.25, 0.3) is 0 Å². The van der Waals surface area contributed by atoms with Gasteiger partial charge in [0.05, 0.1) is 6.54 Å². The van der Waals surface area contributed by atoms with Crippen molar-refractivity contribution in [2.24, 2.45) is 0 Å². The minimum Gasteiger partial charge on any atom is -0.370 e. The fourth-order valence-corrected chi connectivity index (χ4v) is 2.07. The lowest BCUT2D eigenvalue weighted by atomic mass is 10.2. The van der Waals surface area contributed by atoms with Gasteiger partial charge >= 0.3 is 0 Å². The van der Waals surface area contributed by atoms with Crippen LogP contribution in [-0.4, -0.2) is 54.4 Å². The lowest BCUT2D eigenvalue weighted by molar-refractivity contribution is -0.130. The van der Waals surface area contributed by atoms with Crippen molar-refractivity contribution in [2.45, 2.75) is 33.2 Å². The smallest absolute Gasteiger partial charge is 0.236 e. The quantitative estimate of drug-likeness (QED) is 0.758. The third kappa shape index (κ3) is 6.12. The van der Waals surface area contributed by atoms with Crippen molar-refractivity contribution < 1.29 is 4.79 Å². The molecule has 1 amide bonds. The van der Waals surface area contributed by atoms with Crippen LogP contribution in [0.1, 0.15) is 32.3 Å². The number of nitrogens with one attached hydrogen (secondary N) is 1. The highest BCUT2D eigenvalue weighted by Gasteiger charge is 2.14. The Bertz CT molecular complexity index is 434. The van der Waals surface area contributed by atoms with Crippen LogP contribution >= 0.6 is 0 Å². The van der Waals surface area contributed by atoms with Crippen LogP contribution in [0.2, 0.25) is 0 Å². The van der Waals surface area contributed by atoms with Gasteiger partial charge in [-0.25, -0.2) is 4.98 Å². The monoisotopic (exact) mass is 292 g/mol. The van der Waals surface area contributed by atoms with Crippen molar-refractivity contribution in [3.8, 4) is 0 Å². The SMILES string of the molecule is CCCNc1ncccc1CN(CCC)CC(=O)N(C)C. The van der Waals surface area contributed by atoms with Gasteiger partial charge in [0.1, 0.15) is 5.82 Å². The highest BCUT2D eigenvalue weighted by Crippen LogP contribution is 2.14. The summed E-state index contributed by atoms with van der Waals surface area (Å²) in [5.74, 6) is 1.06. The Balaban J connectivity index is 2.76. The number of anilines is 1. The Kier molecular flexibility index (Phi) is 7.75. The third-order valence-electron chi connectivity index (χ3n) is 3.23. The van der Waals surface area contributed by atoms with Gasteiger partial charge < -0.3 is 10.2 Å². The molecule has 5 heteroatoms. The van der Waals surface area contributed by atoms with Crippen LogP contribution in [0, 0.1) is 0 Å². The first-order chi connectivity index (χ1) is 10.1. The highest BCUT2D eigenvalue weighted by molar-refractivity contribution is 5.77. The van der Waals surface area contributed by atoms with E-state index in [1.165, 1.54) is 0 Å². The number of pyridine rings is 1. The predicted octanol–water partition coefficient (Wildman–Crippen LogP) is 2.20. The van der Waals surface area contributed by atoms with E-state index in [4.69, 9.17) is 0 Å². The van der Waals surface area contributed by atoms with Crippen LogP contribution in [0.25, 0.3) is 0 Å². The Morgan fingerprint density at radius 1 is 1.29 bits per heavy atom. The first kappa shape index (κ1) is 17.4. The molecule has 1 heterocycles. The van der Waals surface area contributed by atoms with Crippen molar-refractivity contribution in [1.82, 2.24) is 14.8 Å². The van der Waals surface area contributed by atoms with Gasteiger partial charge in [-0.3, -0.25) is 9.69 Å². The van der Waals surface area contributed by atoms with Crippen LogP contribution in [-0.2, 0) is 11.3 Å². The largest absolute Gasteiger partial charge is 0.370 e. The Labute approximate surface area is 128 Å². The number of likely N-dealkylation sites (N-methyl/N-ethyl adjacent to an activating group) is 1. The second-order valence-electron chi connectivity index (χ2n) is 5.44. The van der Waals surface area contributed by atoms with Gasteiger partial charge in [0, 0.05) is 38.9 Å². The number of rotatable bonds is 9. The zero-order valence-corrected chi connectivity index (χ0v) is 13.7. The molecule has 0 aromatic carbocycles. The Morgan fingerprint density at radius 2 is 2.05 bits per heavy atom. The number of hydrogen-bond donors (Lipinski definition) is 1. The fraction of sp³-hybridized carbons (Fsp3) is 0.625. The molecule has 0 aliphatic carbocycles. The van der Waals surface area contributed by atoms with Crippen molar-refractivity contribution >= 4 is 11.7 Å². The van der Waals surface area contributed by atoms with E-state index in [9.17, 15) is 4.79 Å². The molecule has 0 radical (unpaired) electrons. The molecule has 5 nitrogen and oxygen atoms in total. The molecule has 0 aliphatic heterocycles. The summed E-state index contributed by atoms with van der Waals surface area (Å²) in [4.78, 5) is 20.2. The van der Waals surface area contributed by atoms with E-state index in [1.54, 1.807) is 25.2 Å². The molecule has 0 spiro atoms. The molecule has 0 saturated heterocycles. The minimum absolute atomic E-state index is 0.135. The van der Waals surface area contributed by atoms with Crippen molar-refractivity contribution in [3.05, 3.63) is 23.9 Å². The fourth-order valence-electron chi connectivity index (χ4n) is 2.07. The molecule has 0 bridgehead atoms. The molecule has 0 saturated carbocycles. The van der Waals surface area contributed by atoms with Gasteiger partial charge in [0.15, 0.2) is 0 Å². The van der Waals surface area contributed by atoms with E-state index in [2.05, 4.69) is 35.1 Å².